The van der Waals surface area contributed by atoms with Crippen molar-refractivity contribution in [1.82, 2.24) is 10.2 Å². The number of ether oxygens (including phenoxy) is 2. The number of hydrogen-bond acceptors (Lipinski definition) is 6. The fourth-order valence-corrected chi connectivity index (χ4v) is 4.34. The standard InChI is InChI=1S/C25H20BrClN2O6/c1-14-3-5-15(6-4-14)13-34-22-18(26)9-16(10-19(22)27)11-20-23(30)29(25(32)28-20)12-17-7-8-21(35-17)24(31)33-2/h3-11H,12-13H2,1-2H3,(H,28,32)/b20-11-. The van der Waals surface area contributed by atoms with E-state index >= 15 is 0 Å². The second-order valence-corrected chi connectivity index (χ2v) is 8.99. The first-order valence-electron chi connectivity index (χ1n) is 10.4. The van der Waals surface area contributed by atoms with Gasteiger partial charge in [0.25, 0.3) is 5.91 Å². The molecule has 3 amide bonds. The van der Waals surface area contributed by atoms with Crippen LogP contribution in [0.4, 0.5) is 4.79 Å². The number of aryl methyl sites for hydroxylation is 1. The van der Waals surface area contributed by atoms with Gasteiger partial charge < -0.3 is 19.2 Å². The number of carbonyl (C=O) groups excluding carboxylic acids is 3. The molecular formula is C25H20BrClN2O6. The molecule has 3 aromatic rings. The molecule has 8 nitrogen and oxygen atoms in total. The summed E-state index contributed by atoms with van der Waals surface area (Å²) in [4.78, 5) is 37.7. The molecule has 1 N–H and O–H groups in total. The lowest BCUT2D eigenvalue weighted by atomic mass is 10.1. The van der Waals surface area contributed by atoms with Crippen molar-refractivity contribution in [3.63, 3.8) is 0 Å². The number of nitrogens with one attached hydrogen (secondary N) is 1. The van der Waals surface area contributed by atoms with E-state index in [-0.39, 0.29) is 23.8 Å². The predicted octanol–water partition coefficient (Wildman–Crippen LogP) is 5.46. The van der Waals surface area contributed by atoms with E-state index in [2.05, 4.69) is 26.0 Å². The summed E-state index contributed by atoms with van der Waals surface area (Å²) in [6.07, 6.45) is 1.52. The maximum absolute atomic E-state index is 12.8. The SMILES string of the molecule is COC(=O)c1ccc(CN2C(=O)N/C(=C\c3cc(Cl)c(OCc4ccc(C)cc4)c(Br)c3)C2=O)o1. The van der Waals surface area contributed by atoms with Crippen molar-refractivity contribution in [3.8, 4) is 5.75 Å². The van der Waals surface area contributed by atoms with Gasteiger partial charge in [0.1, 0.15) is 18.1 Å². The van der Waals surface area contributed by atoms with Crippen LogP contribution in [0.3, 0.4) is 0 Å². The van der Waals surface area contributed by atoms with Crippen molar-refractivity contribution in [2.75, 3.05) is 7.11 Å². The highest BCUT2D eigenvalue weighted by atomic mass is 79.9. The van der Waals surface area contributed by atoms with Crippen molar-refractivity contribution in [2.24, 2.45) is 0 Å². The summed E-state index contributed by atoms with van der Waals surface area (Å²) < 4.78 is 16.4. The van der Waals surface area contributed by atoms with Gasteiger partial charge in [-0.05, 0) is 64.3 Å². The van der Waals surface area contributed by atoms with Gasteiger partial charge in [-0.25, -0.2) is 9.59 Å². The van der Waals surface area contributed by atoms with Crippen LogP contribution in [-0.2, 0) is 22.7 Å². The molecule has 0 aliphatic carbocycles. The van der Waals surface area contributed by atoms with Gasteiger partial charge in [-0.15, -0.1) is 0 Å². The molecule has 0 bridgehead atoms. The minimum atomic E-state index is -0.650. The molecule has 1 aromatic heterocycles. The Morgan fingerprint density at radius 3 is 2.60 bits per heavy atom. The molecule has 0 saturated carbocycles. The lowest BCUT2D eigenvalue weighted by Crippen LogP contribution is -2.30. The molecule has 1 aliphatic heterocycles. The lowest BCUT2D eigenvalue weighted by molar-refractivity contribution is -0.123. The summed E-state index contributed by atoms with van der Waals surface area (Å²) >= 11 is 9.90. The molecule has 35 heavy (non-hydrogen) atoms. The average Bonchev–Trinajstić information content (AvgIpc) is 3.39. The highest BCUT2D eigenvalue weighted by Crippen LogP contribution is 2.36. The van der Waals surface area contributed by atoms with Gasteiger partial charge in [0.2, 0.25) is 5.76 Å². The number of furan rings is 1. The summed E-state index contributed by atoms with van der Waals surface area (Å²) in [5, 5.41) is 2.89. The summed E-state index contributed by atoms with van der Waals surface area (Å²) in [6, 6.07) is 13.7. The van der Waals surface area contributed by atoms with Crippen LogP contribution in [0.2, 0.25) is 5.02 Å². The van der Waals surface area contributed by atoms with Crippen molar-refractivity contribution in [3.05, 3.63) is 91.9 Å². The Morgan fingerprint density at radius 1 is 1.17 bits per heavy atom. The quantitative estimate of drug-likeness (QED) is 0.234. The van der Waals surface area contributed by atoms with Crippen molar-refractivity contribution in [2.45, 2.75) is 20.1 Å². The van der Waals surface area contributed by atoms with Crippen LogP contribution in [0.25, 0.3) is 6.08 Å². The Hall–Kier alpha value is -3.56. The third-order valence-corrected chi connectivity index (χ3v) is 6.03. The van der Waals surface area contributed by atoms with E-state index in [1.54, 1.807) is 12.1 Å². The van der Waals surface area contributed by atoms with Crippen LogP contribution in [0.1, 0.15) is 33.0 Å². The molecule has 10 heteroatoms. The number of halogens is 2. The molecule has 180 valence electrons. The zero-order chi connectivity index (χ0) is 25.1. The van der Waals surface area contributed by atoms with Crippen LogP contribution < -0.4 is 10.1 Å². The highest BCUT2D eigenvalue weighted by molar-refractivity contribution is 9.10. The summed E-state index contributed by atoms with van der Waals surface area (Å²) in [5.41, 5.74) is 2.82. The van der Waals surface area contributed by atoms with Crippen molar-refractivity contribution in [1.29, 1.82) is 0 Å². The normalized spacial score (nSPS) is 14.4. The minimum Gasteiger partial charge on any atom is -0.486 e. The maximum Gasteiger partial charge on any atom is 0.373 e. The zero-order valence-corrected chi connectivity index (χ0v) is 21.1. The topological polar surface area (TPSA) is 98.1 Å². The highest BCUT2D eigenvalue weighted by Gasteiger charge is 2.34. The number of esters is 1. The van der Waals surface area contributed by atoms with Crippen LogP contribution in [0, 0.1) is 6.92 Å². The number of carbonyl (C=O) groups is 3. The van der Waals surface area contributed by atoms with Gasteiger partial charge in [-0.1, -0.05) is 41.4 Å². The molecule has 1 aliphatic rings. The molecular weight excluding hydrogens is 540 g/mol. The summed E-state index contributed by atoms with van der Waals surface area (Å²) in [7, 11) is 1.23. The van der Waals surface area contributed by atoms with Gasteiger partial charge in [-0.2, -0.15) is 0 Å². The zero-order valence-electron chi connectivity index (χ0n) is 18.8. The largest absolute Gasteiger partial charge is 0.486 e. The second-order valence-electron chi connectivity index (χ2n) is 7.72. The third kappa shape index (κ3) is 5.58. The van der Waals surface area contributed by atoms with Gasteiger partial charge in [0, 0.05) is 0 Å². The number of hydrogen-bond donors (Lipinski definition) is 1. The number of imide groups is 1. The molecule has 1 fully saturated rings. The monoisotopic (exact) mass is 558 g/mol. The smallest absolute Gasteiger partial charge is 0.373 e. The van der Waals surface area contributed by atoms with Crippen LogP contribution >= 0.6 is 27.5 Å². The Bertz CT molecular complexity index is 1310. The molecule has 0 radical (unpaired) electrons. The lowest BCUT2D eigenvalue weighted by Gasteiger charge is -2.12. The molecule has 0 spiro atoms. The molecule has 0 atom stereocenters. The number of benzene rings is 2. The number of amides is 3. The van der Waals surface area contributed by atoms with E-state index in [0.717, 1.165) is 16.0 Å². The first kappa shape index (κ1) is 24.6. The van der Waals surface area contributed by atoms with Gasteiger partial charge in [0.15, 0.2) is 5.75 Å². The van der Waals surface area contributed by atoms with Crippen molar-refractivity contribution < 1.29 is 28.3 Å². The predicted molar refractivity (Wildman–Crippen MR) is 132 cm³/mol. The first-order chi connectivity index (χ1) is 16.7. The van der Waals surface area contributed by atoms with Gasteiger partial charge in [-0.3, -0.25) is 9.69 Å². The van der Waals surface area contributed by atoms with E-state index < -0.39 is 17.9 Å². The third-order valence-electron chi connectivity index (χ3n) is 5.16. The van der Waals surface area contributed by atoms with Crippen LogP contribution in [-0.4, -0.2) is 29.9 Å². The first-order valence-corrected chi connectivity index (χ1v) is 11.6. The van der Waals surface area contributed by atoms with Crippen molar-refractivity contribution >= 4 is 51.5 Å². The van der Waals surface area contributed by atoms with E-state index in [1.165, 1.54) is 25.3 Å². The molecule has 4 rings (SSSR count). The fraction of sp³-hybridized carbons (Fsp3) is 0.160. The Morgan fingerprint density at radius 2 is 1.91 bits per heavy atom. The molecule has 1 saturated heterocycles. The molecule has 0 unspecified atom stereocenters. The minimum absolute atomic E-state index is 0.0190. The Kier molecular flexibility index (Phi) is 7.28. The summed E-state index contributed by atoms with van der Waals surface area (Å²) in [5.74, 6) is -0.483. The second kappa shape index (κ2) is 10.4. The van der Waals surface area contributed by atoms with E-state index in [4.69, 9.17) is 20.8 Å². The van der Waals surface area contributed by atoms with Gasteiger partial charge >= 0.3 is 12.0 Å². The number of methoxy groups -OCH3 is 1. The molecule has 2 aromatic carbocycles. The Labute approximate surface area is 214 Å². The van der Waals surface area contributed by atoms with Gasteiger partial charge in [0.05, 0.1) is 23.1 Å². The number of urea groups is 1. The number of rotatable bonds is 7. The van der Waals surface area contributed by atoms with Crippen LogP contribution in [0.15, 0.2) is 63.1 Å². The van der Waals surface area contributed by atoms with E-state index in [1.807, 2.05) is 31.2 Å². The summed E-state index contributed by atoms with van der Waals surface area (Å²) in [6.45, 7) is 2.21. The Balaban J connectivity index is 1.47. The fourth-order valence-electron chi connectivity index (χ4n) is 3.35. The van der Waals surface area contributed by atoms with E-state index in [9.17, 15) is 14.4 Å². The number of nitrogens with zero attached hydrogens (tertiary/aromatic N) is 1. The van der Waals surface area contributed by atoms with E-state index in [0.29, 0.717) is 27.4 Å². The molecule has 2 heterocycles. The van der Waals surface area contributed by atoms with Crippen LogP contribution in [0.5, 0.6) is 5.75 Å². The average molecular weight is 560 g/mol. The maximum atomic E-state index is 12.8.